The van der Waals surface area contributed by atoms with E-state index in [0.29, 0.717) is 25.2 Å². The van der Waals surface area contributed by atoms with Crippen LogP contribution < -0.4 is 5.69 Å². The highest BCUT2D eigenvalue weighted by molar-refractivity contribution is 5.91. The molecule has 4 rings (SSSR count). The quantitative estimate of drug-likeness (QED) is 0.720. The second-order valence-electron chi connectivity index (χ2n) is 6.22. The third-order valence-corrected chi connectivity index (χ3v) is 4.49. The SMILES string of the molecule is O=C1c2nn(Cc3ccccc3)c(=O)n2CCN1Cc1ccccc1F. The first kappa shape index (κ1) is 16.3. The number of fused-ring (bicyclic) bond motifs is 1. The van der Waals surface area contributed by atoms with Crippen molar-refractivity contribution in [3.05, 3.63) is 87.9 Å². The molecule has 3 aromatic rings. The van der Waals surface area contributed by atoms with Gasteiger partial charge in [0, 0.05) is 25.2 Å². The van der Waals surface area contributed by atoms with Gasteiger partial charge in [-0.05, 0) is 11.6 Å². The highest BCUT2D eigenvalue weighted by atomic mass is 19.1. The van der Waals surface area contributed by atoms with Gasteiger partial charge in [0.2, 0.25) is 5.82 Å². The fourth-order valence-electron chi connectivity index (χ4n) is 3.11. The van der Waals surface area contributed by atoms with Crippen LogP contribution in [0.1, 0.15) is 21.7 Å². The van der Waals surface area contributed by atoms with Gasteiger partial charge < -0.3 is 4.90 Å². The molecule has 0 bridgehead atoms. The van der Waals surface area contributed by atoms with Gasteiger partial charge >= 0.3 is 5.69 Å². The number of aromatic nitrogens is 3. The molecule has 2 aromatic carbocycles. The summed E-state index contributed by atoms with van der Waals surface area (Å²) in [5.41, 5.74) is 1.07. The van der Waals surface area contributed by atoms with Gasteiger partial charge in [0.1, 0.15) is 5.82 Å². The predicted molar refractivity (Wildman–Crippen MR) is 93.2 cm³/mol. The molecule has 0 saturated carbocycles. The molecule has 0 atom stereocenters. The Balaban J connectivity index is 1.60. The van der Waals surface area contributed by atoms with E-state index in [0.717, 1.165) is 5.56 Å². The Labute approximate surface area is 149 Å². The van der Waals surface area contributed by atoms with Gasteiger partial charge in [-0.15, -0.1) is 5.10 Å². The van der Waals surface area contributed by atoms with Gasteiger partial charge in [0.25, 0.3) is 5.91 Å². The molecular formula is C19H17FN4O2. The highest BCUT2D eigenvalue weighted by Gasteiger charge is 2.30. The fraction of sp³-hybridized carbons (Fsp3) is 0.211. The van der Waals surface area contributed by atoms with Crippen LogP contribution in [0.5, 0.6) is 0 Å². The molecule has 0 radical (unpaired) electrons. The van der Waals surface area contributed by atoms with Crippen LogP contribution in [0.15, 0.2) is 59.4 Å². The zero-order valence-electron chi connectivity index (χ0n) is 14.0. The van der Waals surface area contributed by atoms with Crippen LogP contribution in [-0.2, 0) is 19.6 Å². The molecule has 132 valence electrons. The number of hydrogen-bond acceptors (Lipinski definition) is 3. The zero-order chi connectivity index (χ0) is 18.1. The molecular weight excluding hydrogens is 335 g/mol. The average Bonchev–Trinajstić information content (AvgIpc) is 2.97. The van der Waals surface area contributed by atoms with E-state index in [4.69, 9.17) is 0 Å². The summed E-state index contributed by atoms with van der Waals surface area (Å²) in [6, 6.07) is 15.8. The molecule has 1 amide bonds. The summed E-state index contributed by atoms with van der Waals surface area (Å²) < 4.78 is 16.6. The van der Waals surface area contributed by atoms with Crippen molar-refractivity contribution in [3.63, 3.8) is 0 Å². The lowest BCUT2D eigenvalue weighted by Crippen LogP contribution is -2.42. The van der Waals surface area contributed by atoms with Gasteiger partial charge in [-0.25, -0.2) is 13.9 Å². The number of nitrogens with zero attached hydrogens (tertiary/aromatic N) is 4. The molecule has 1 aliphatic rings. The molecule has 0 fully saturated rings. The maximum Gasteiger partial charge on any atom is 0.346 e. The topological polar surface area (TPSA) is 60.1 Å². The number of rotatable bonds is 4. The summed E-state index contributed by atoms with van der Waals surface area (Å²) in [4.78, 5) is 26.8. The normalized spacial score (nSPS) is 13.7. The third kappa shape index (κ3) is 2.92. The highest BCUT2D eigenvalue weighted by Crippen LogP contribution is 2.15. The first-order chi connectivity index (χ1) is 12.6. The minimum Gasteiger partial charge on any atom is -0.330 e. The first-order valence-electron chi connectivity index (χ1n) is 8.38. The molecule has 6 nitrogen and oxygen atoms in total. The number of carbonyl (C=O) groups excluding carboxylic acids is 1. The molecule has 26 heavy (non-hydrogen) atoms. The van der Waals surface area contributed by atoms with Crippen LogP contribution in [0.4, 0.5) is 4.39 Å². The molecule has 0 saturated heterocycles. The minimum absolute atomic E-state index is 0.105. The lowest BCUT2D eigenvalue weighted by Gasteiger charge is -2.26. The van der Waals surface area contributed by atoms with Crippen LogP contribution in [-0.4, -0.2) is 31.7 Å². The van der Waals surface area contributed by atoms with Crippen LogP contribution in [0, 0.1) is 5.82 Å². The molecule has 1 aliphatic heterocycles. The summed E-state index contributed by atoms with van der Waals surface area (Å²) in [5.74, 6) is -0.602. The van der Waals surface area contributed by atoms with E-state index in [1.54, 1.807) is 18.2 Å². The second kappa shape index (κ2) is 6.59. The summed E-state index contributed by atoms with van der Waals surface area (Å²) in [6.45, 7) is 1.16. The lowest BCUT2D eigenvalue weighted by atomic mass is 10.2. The molecule has 0 aliphatic carbocycles. The Morgan fingerprint density at radius 3 is 2.42 bits per heavy atom. The molecule has 0 unspecified atom stereocenters. The number of carbonyl (C=O) groups is 1. The van der Waals surface area contributed by atoms with E-state index in [9.17, 15) is 14.0 Å². The molecule has 2 heterocycles. The molecule has 7 heteroatoms. The van der Waals surface area contributed by atoms with Crippen LogP contribution >= 0.6 is 0 Å². The number of hydrogen-bond donors (Lipinski definition) is 0. The van der Waals surface area contributed by atoms with E-state index in [-0.39, 0.29) is 29.8 Å². The van der Waals surface area contributed by atoms with Crippen molar-refractivity contribution in [1.29, 1.82) is 0 Å². The number of amides is 1. The fourth-order valence-corrected chi connectivity index (χ4v) is 3.11. The Morgan fingerprint density at radius 1 is 0.923 bits per heavy atom. The predicted octanol–water partition coefficient (Wildman–Crippen LogP) is 1.89. The van der Waals surface area contributed by atoms with E-state index in [2.05, 4.69) is 5.10 Å². The van der Waals surface area contributed by atoms with Gasteiger partial charge in [-0.3, -0.25) is 9.36 Å². The monoisotopic (exact) mass is 352 g/mol. The van der Waals surface area contributed by atoms with Crippen LogP contribution in [0.25, 0.3) is 0 Å². The van der Waals surface area contributed by atoms with Gasteiger partial charge in [0.15, 0.2) is 0 Å². The average molecular weight is 352 g/mol. The molecule has 0 spiro atoms. The molecule has 1 aromatic heterocycles. The molecule has 0 N–H and O–H groups in total. The minimum atomic E-state index is -0.358. The maximum atomic E-state index is 13.9. The van der Waals surface area contributed by atoms with E-state index >= 15 is 0 Å². The van der Waals surface area contributed by atoms with Crippen molar-refractivity contribution in [2.75, 3.05) is 6.54 Å². The van der Waals surface area contributed by atoms with E-state index < -0.39 is 0 Å². The summed E-state index contributed by atoms with van der Waals surface area (Å²) in [6.07, 6.45) is 0. The van der Waals surface area contributed by atoms with Crippen LogP contribution in [0.3, 0.4) is 0 Å². The van der Waals surface area contributed by atoms with Crippen molar-refractivity contribution in [2.24, 2.45) is 0 Å². The number of benzene rings is 2. The van der Waals surface area contributed by atoms with Crippen molar-refractivity contribution in [2.45, 2.75) is 19.6 Å². The first-order valence-corrected chi connectivity index (χ1v) is 8.38. The summed E-state index contributed by atoms with van der Waals surface area (Å²) in [5, 5.41) is 4.22. The van der Waals surface area contributed by atoms with E-state index in [1.807, 2.05) is 30.3 Å². The second-order valence-corrected chi connectivity index (χ2v) is 6.22. The Kier molecular flexibility index (Phi) is 4.12. The van der Waals surface area contributed by atoms with Gasteiger partial charge in [-0.1, -0.05) is 48.5 Å². The summed E-state index contributed by atoms with van der Waals surface area (Å²) in [7, 11) is 0. The van der Waals surface area contributed by atoms with Gasteiger partial charge in [-0.2, -0.15) is 0 Å². The largest absolute Gasteiger partial charge is 0.346 e. The van der Waals surface area contributed by atoms with Crippen molar-refractivity contribution < 1.29 is 9.18 Å². The maximum absolute atomic E-state index is 13.9. The lowest BCUT2D eigenvalue weighted by molar-refractivity contribution is 0.0679. The summed E-state index contributed by atoms with van der Waals surface area (Å²) >= 11 is 0. The van der Waals surface area contributed by atoms with Gasteiger partial charge in [0.05, 0.1) is 6.54 Å². The number of halogens is 1. The van der Waals surface area contributed by atoms with E-state index in [1.165, 1.54) is 20.2 Å². The van der Waals surface area contributed by atoms with Crippen molar-refractivity contribution in [1.82, 2.24) is 19.2 Å². The Morgan fingerprint density at radius 2 is 1.65 bits per heavy atom. The standard InChI is InChI=1S/C19H17FN4O2/c20-16-9-5-4-8-15(16)13-22-10-11-23-17(18(22)25)21-24(19(23)26)12-14-6-2-1-3-7-14/h1-9H,10-13H2. The Bertz CT molecular complexity index is 1010. The van der Waals surface area contributed by atoms with Crippen molar-refractivity contribution >= 4 is 5.91 Å². The Hall–Kier alpha value is -3.22. The third-order valence-electron chi connectivity index (χ3n) is 4.49. The zero-order valence-corrected chi connectivity index (χ0v) is 14.0. The van der Waals surface area contributed by atoms with Crippen molar-refractivity contribution in [3.8, 4) is 0 Å². The van der Waals surface area contributed by atoms with Crippen LogP contribution in [0.2, 0.25) is 0 Å². The smallest absolute Gasteiger partial charge is 0.330 e.